The summed E-state index contributed by atoms with van der Waals surface area (Å²) in [5, 5.41) is 10.1. The van der Waals surface area contributed by atoms with Crippen molar-refractivity contribution in [2.75, 3.05) is 4.90 Å². The van der Waals surface area contributed by atoms with Crippen LogP contribution < -0.4 is 4.90 Å². The van der Waals surface area contributed by atoms with Gasteiger partial charge in [0.05, 0.1) is 11.0 Å². The zero-order valence-electron chi connectivity index (χ0n) is 35.1. The van der Waals surface area contributed by atoms with Crippen molar-refractivity contribution in [1.29, 1.82) is 0 Å². The fourth-order valence-corrected chi connectivity index (χ4v) is 10.0. The quantitative estimate of drug-likeness (QED) is 0.146. The summed E-state index contributed by atoms with van der Waals surface area (Å²) in [5.74, 6) is 0.371. The Bertz CT molecular complexity index is 3610. The smallest absolute Gasteiger partial charge is 0.0547 e. The van der Waals surface area contributed by atoms with Gasteiger partial charge in [0.1, 0.15) is 0 Å². The van der Waals surface area contributed by atoms with Crippen molar-refractivity contribution in [3.63, 3.8) is 0 Å². The molecule has 0 saturated carbocycles. The van der Waals surface area contributed by atoms with E-state index < -0.39 is 0 Å². The largest absolute Gasteiger partial charge is 0.310 e. The van der Waals surface area contributed by atoms with E-state index in [0.29, 0.717) is 5.92 Å². The maximum Gasteiger partial charge on any atom is 0.0547 e. The zero-order chi connectivity index (χ0) is 41.9. The molecule has 1 aromatic heterocycles. The number of fused-ring (bicyclic) bond motifs is 7. The summed E-state index contributed by atoms with van der Waals surface area (Å²) in [4.78, 5) is 2.40. The van der Waals surface area contributed by atoms with Crippen LogP contribution in [0.1, 0.15) is 24.5 Å². The number of rotatable bonds is 7. The lowest BCUT2D eigenvalue weighted by Gasteiger charge is -2.27. The first-order valence-corrected chi connectivity index (χ1v) is 22.1. The molecule has 0 amide bonds. The third kappa shape index (κ3) is 6.42. The summed E-state index contributed by atoms with van der Waals surface area (Å²) in [6.07, 6.45) is 5.86. The van der Waals surface area contributed by atoms with Crippen LogP contribution in [0.25, 0.3) is 82.1 Å². The van der Waals surface area contributed by atoms with Gasteiger partial charge in [-0.15, -0.1) is 0 Å². The molecule has 298 valence electrons. The highest BCUT2D eigenvalue weighted by Gasteiger charge is 2.23. The molecule has 0 saturated heterocycles. The molecule has 1 atom stereocenters. The fraction of sp³-hybridized carbons (Fsp3) is 0.0492. The highest BCUT2D eigenvalue weighted by atomic mass is 15.1. The molecule has 0 N–H and O–H groups in total. The summed E-state index contributed by atoms with van der Waals surface area (Å²) in [7, 11) is 0. The number of anilines is 3. The molecule has 10 aromatic carbocycles. The zero-order valence-corrected chi connectivity index (χ0v) is 35.1. The lowest BCUT2D eigenvalue weighted by Crippen LogP contribution is -2.10. The highest BCUT2D eigenvalue weighted by Crippen LogP contribution is 2.44. The Morgan fingerprint density at radius 3 is 1.95 bits per heavy atom. The second-order valence-corrected chi connectivity index (χ2v) is 17.0. The molecule has 0 spiro atoms. The average Bonchev–Trinajstić information content (AvgIpc) is 3.69. The molecule has 0 fully saturated rings. The van der Waals surface area contributed by atoms with Gasteiger partial charge in [-0.05, 0) is 145 Å². The molecule has 2 heteroatoms. The topological polar surface area (TPSA) is 8.17 Å². The first kappa shape index (κ1) is 36.9. The van der Waals surface area contributed by atoms with Gasteiger partial charge in [-0.25, -0.2) is 0 Å². The highest BCUT2D eigenvalue weighted by molar-refractivity contribution is 6.14. The summed E-state index contributed by atoms with van der Waals surface area (Å²) in [5.41, 5.74) is 14.6. The van der Waals surface area contributed by atoms with E-state index in [2.05, 4.69) is 247 Å². The number of hydrogen-bond donors (Lipinski definition) is 0. The average molecular weight is 805 g/mol. The Morgan fingerprint density at radius 1 is 0.429 bits per heavy atom. The molecule has 1 aliphatic rings. The molecule has 2 nitrogen and oxygen atoms in total. The minimum atomic E-state index is 0.371. The van der Waals surface area contributed by atoms with E-state index in [1.807, 2.05) is 0 Å². The van der Waals surface area contributed by atoms with E-state index in [0.717, 1.165) is 23.5 Å². The molecule has 11 aromatic rings. The Kier molecular flexibility index (Phi) is 8.90. The van der Waals surface area contributed by atoms with Crippen LogP contribution >= 0.6 is 0 Å². The lowest BCUT2D eigenvalue weighted by atomic mass is 9.82. The number of aromatic nitrogens is 1. The second-order valence-electron chi connectivity index (χ2n) is 17.0. The predicted octanol–water partition coefficient (Wildman–Crippen LogP) is 16.9. The first-order chi connectivity index (χ1) is 31.1. The van der Waals surface area contributed by atoms with Gasteiger partial charge in [0.2, 0.25) is 0 Å². The predicted molar refractivity (Wildman–Crippen MR) is 270 cm³/mol. The number of para-hydroxylation sites is 2. The van der Waals surface area contributed by atoms with Crippen molar-refractivity contribution in [2.24, 2.45) is 5.92 Å². The van der Waals surface area contributed by atoms with E-state index in [1.165, 1.54) is 93.2 Å². The molecule has 12 rings (SSSR count). The van der Waals surface area contributed by atoms with Crippen LogP contribution in [-0.2, 0) is 0 Å². The van der Waals surface area contributed by atoms with Crippen LogP contribution in [0.4, 0.5) is 17.1 Å². The van der Waals surface area contributed by atoms with Crippen molar-refractivity contribution in [3.05, 3.63) is 242 Å². The Balaban J connectivity index is 0.944. The number of allylic oxidation sites excluding steroid dienone is 4. The Morgan fingerprint density at radius 2 is 1.08 bits per heavy atom. The lowest BCUT2D eigenvalue weighted by molar-refractivity contribution is 0.762. The van der Waals surface area contributed by atoms with E-state index >= 15 is 0 Å². The molecule has 1 aliphatic carbocycles. The molecular formula is C61H44N2. The summed E-state index contributed by atoms with van der Waals surface area (Å²) < 4.78 is 2.42. The van der Waals surface area contributed by atoms with Crippen LogP contribution in [-0.4, -0.2) is 4.57 Å². The van der Waals surface area contributed by atoms with Crippen molar-refractivity contribution < 1.29 is 0 Å². The first-order valence-electron chi connectivity index (χ1n) is 22.1. The van der Waals surface area contributed by atoms with Crippen LogP contribution in [0, 0.1) is 5.92 Å². The van der Waals surface area contributed by atoms with E-state index in [-0.39, 0.29) is 0 Å². The van der Waals surface area contributed by atoms with Crippen molar-refractivity contribution in [2.45, 2.75) is 13.3 Å². The molecule has 1 unspecified atom stereocenters. The second kappa shape index (κ2) is 15.2. The SMILES string of the molecule is CC1CC=C(c2cccc(N(c3ccc(-c4ccc5c(ccc6ccccc65)c4)cc3)c3ccc4ccccc4c3)c2)C=C1c1cccc2c1c1ccccc1n2-c1ccccc1. The van der Waals surface area contributed by atoms with Crippen molar-refractivity contribution in [3.8, 4) is 16.8 Å². The Labute approximate surface area is 367 Å². The molecule has 1 heterocycles. The Hall–Kier alpha value is -7.94. The maximum absolute atomic E-state index is 2.46. The molecule has 0 radical (unpaired) electrons. The molecule has 0 aliphatic heterocycles. The third-order valence-corrected chi connectivity index (χ3v) is 13.2. The fourth-order valence-electron chi connectivity index (χ4n) is 10.0. The van der Waals surface area contributed by atoms with Gasteiger partial charge in [-0.2, -0.15) is 0 Å². The molecular weight excluding hydrogens is 761 g/mol. The van der Waals surface area contributed by atoms with Gasteiger partial charge in [0, 0.05) is 33.5 Å². The summed E-state index contributed by atoms with van der Waals surface area (Å²) in [6.45, 7) is 2.37. The number of benzene rings is 10. The standard InChI is InChI=1S/C61H44N2/c1-41-25-26-48(40-58(41)56-22-12-24-60-61(56)57-21-9-10-23-59(57)63(60)50-17-3-2-4-18-50)46-16-11-19-52(39-46)62(53-35-31-42-13-5-6-15-45(42)38-53)51-33-29-43(30-34-51)47-32-36-55-49(37-47)28-27-44-14-7-8-20-54(44)55/h2-24,26-41H,25H2,1H3. The van der Waals surface area contributed by atoms with Gasteiger partial charge in [0.25, 0.3) is 0 Å². The van der Waals surface area contributed by atoms with Crippen LogP contribution in [0.2, 0.25) is 0 Å². The van der Waals surface area contributed by atoms with Crippen LogP contribution in [0.3, 0.4) is 0 Å². The third-order valence-electron chi connectivity index (χ3n) is 13.2. The molecule has 63 heavy (non-hydrogen) atoms. The van der Waals surface area contributed by atoms with Crippen LogP contribution in [0.15, 0.2) is 231 Å². The summed E-state index contributed by atoms with van der Waals surface area (Å²) in [6, 6.07) is 80.0. The number of hydrogen-bond acceptors (Lipinski definition) is 1. The van der Waals surface area contributed by atoms with Crippen molar-refractivity contribution >= 4 is 82.3 Å². The molecule has 0 bridgehead atoms. The van der Waals surface area contributed by atoms with Gasteiger partial charge in [-0.3, -0.25) is 0 Å². The normalized spacial score (nSPS) is 14.1. The minimum absolute atomic E-state index is 0.371. The van der Waals surface area contributed by atoms with Gasteiger partial charge in [-0.1, -0.05) is 171 Å². The van der Waals surface area contributed by atoms with Crippen molar-refractivity contribution in [1.82, 2.24) is 4.57 Å². The van der Waals surface area contributed by atoms with Gasteiger partial charge >= 0.3 is 0 Å². The van der Waals surface area contributed by atoms with E-state index in [9.17, 15) is 0 Å². The van der Waals surface area contributed by atoms with E-state index in [1.54, 1.807) is 0 Å². The maximum atomic E-state index is 2.46. The van der Waals surface area contributed by atoms with Gasteiger partial charge in [0.15, 0.2) is 0 Å². The number of nitrogens with zero attached hydrogens (tertiary/aromatic N) is 2. The van der Waals surface area contributed by atoms with Crippen LogP contribution in [0.5, 0.6) is 0 Å². The van der Waals surface area contributed by atoms with Gasteiger partial charge < -0.3 is 9.47 Å². The van der Waals surface area contributed by atoms with E-state index in [4.69, 9.17) is 0 Å². The monoisotopic (exact) mass is 804 g/mol. The minimum Gasteiger partial charge on any atom is -0.310 e. The summed E-state index contributed by atoms with van der Waals surface area (Å²) >= 11 is 0.